The highest BCUT2D eigenvalue weighted by Gasteiger charge is 2.06. The summed E-state index contributed by atoms with van der Waals surface area (Å²) in [5.41, 5.74) is 1.58. The minimum atomic E-state index is -0.347. The van der Waals surface area contributed by atoms with Crippen LogP contribution in [0.3, 0.4) is 0 Å². The maximum Gasteiger partial charge on any atom is 0.150 e. The fourth-order valence-electron chi connectivity index (χ4n) is 1.61. The second-order valence-corrected chi connectivity index (χ2v) is 3.59. The Kier molecular flexibility index (Phi) is 3.19. The minimum absolute atomic E-state index is 0.347. The Morgan fingerprint density at radius 2 is 1.82 bits per heavy atom. The largest absolute Gasteiger partial charge is 0.497 e. The molecule has 0 N–H and O–H groups in total. The number of hydrogen-bond acceptors (Lipinski definition) is 2. The van der Waals surface area contributed by atoms with Crippen LogP contribution in [0.1, 0.15) is 10.4 Å². The zero-order chi connectivity index (χ0) is 12.3. The van der Waals surface area contributed by atoms with E-state index in [1.807, 2.05) is 0 Å². The molecule has 0 fully saturated rings. The number of carbonyl (C=O) groups is 1. The van der Waals surface area contributed by atoms with E-state index < -0.39 is 0 Å². The highest BCUT2D eigenvalue weighted by Crippen LogP contribution is 2.25. The monoisotopic (exact) mass is 230 g/mol. The Bertz CT molecular complexity index is 532. The first-order valence-electron chi connectivity index (χ1n) is 5.14. The number of aldehydes is 1. The molecule has 0 spiro atoms. The standard InChI is InChI=1S/C14H11FO2/c1-17-12-5-3-11(4-6-12)13-8-10(9-16)2-7-14(13)15/h2-9H,1H3. The summed E-state index contributed by atoms with van der Waals surface area (Å²) in [6.07, 6.45) is 0.701. The number of carbonyl (C=O) groups excluding carboxylic acids is 1. The molecule has 0 bridgehead atoms. The van der Waals surface area contributed by atoms with Gasteiger partial charge in [0.2, 0.25) is 0 Å². The zero-order valence-corrected chi connectivity index (χ0v) is 9.31. The number of rotatable bonds is 3. The van der Waals surface area contributed by atoms with Crippen LogP contribution in [0.25, 0.3) is 11.1 Å². The first-order chi connectivity index (χ1) is 8.24. The maximum absolute atomic E-state index is 13.6. The molecule has 0 aliphatic carbocycles. The van der Waals surface area contributed by atoms with Gasteiger partial charge in [-0.05, 0) is 35.9 Å². The lowest BCUT2D eigenvalue weighted by Gasteiger charge is -2.05. The van der Waals surface area contributed by atoms with Crippen LogP contribution in [-0.4, -0.2) is 13.4 Å². The van der Waals surface area contributed by atoms with Crippen LogP contribution in [0, 0.1) is 5.82 Å². The van der Waals surface area contributed by atoms with Crippen LogP contribution >= 0.6 is 0 Å². The summed E-state index contributed by atoms with van der Waals surface area (Å²) >= 11 is 0. The molecule has 2 rings (SSSR count). The second-order valence-electron chi connectivity index (χ2n) is 3.59. The lowest BCUT2D eigenvalue weighted by molar-refractivity contribution is 0.112. The van der Waals surface area contributed by atoms with Crippen molar-refractivity contribution in [3.8, 4) is 16.9 Å². The van der Waals surface area contributed by atoms with Crippen LogP contribution in [0.5, 0.6) is 5.75 Å². The number of halogens is 1. The molecule has 2 aromatic carbocycles. The highest BCUT2D eigenvalue weighted by atomic mass is 19.1. The average Bonchev–Trinajstić information content (AvgIpc) is 2.39. The third kappa shape index (κ3) is 2.33. The molecule has 0 atom stereocenters. The van der Waals surface area contributed by atoms with Crippen molar-refractivity contribution in [2.24, 2.45) is 0 Å². The molecular formula is C14H11FO2. The van der Waals surface area contributed by atoms with E-state index in [1.165, 1.54) is 18.2 Å². The Morgan fingerprint density at radius 3 is 2.41 bits per heavy atom. The van der Waals surface area contributed by atoms with E-state index in [4.69, 9.17) is 4.74 Å². The van der Waals surface area contributed by atoms with Crippen LogP contribution in [0.15, 0.2) is 42.5 Å². The molecule has 86 valence electrons. The Labute approximate surface area is 98.7 Å². The fourth-order valence-corrected chi connectivity index (χ4v) is 1.61. The van der Waals surface area contributed by atoms with E-state index in [9.17, 15) is 9.18 Å². The molecule has 0 aliphatic rings. The van der Waals surface area contributed by atoms with Gasteiger partial charge in [-0.15, -0.1) is 0 Å². The molecule has 0 aliphatic heterocycles. The molecule has 2 nitrogen and oxygen atoms in total. The quantitative estimate of drug-likeness (QED) is 0.756. The summed E-state index contributed by atoms with van der Waals surface area (Å²) < 4.78 is 18.7. The van der Waals surface area contributed by atoms with Gasteiger partial charge in [-0.1, -0.05) is 12.1 Å². The van der Waals surface area contributed by atoms with E-state index in [2.05, 4.69) is 0 Å². The van der Waals surface area contributed by atoms with Crippen LogP contribution in [0.2, 0.25) is 0 Å². The Balaban J connectivity index is 2.47. The predicted octanol–water partition coefficient (Wildman–Crippen LogP) is 3.31. The topological polar surface area (TPSA) is 26.3 Å². The van der Waals surface area contributed by atoms with E-state index in [-0.39, 0.29) is 5.82 Å². The lowest BCUT2D eigenvalue weighted by Crippen LogP contribution is -1.88. The van der Waals surface area contributed by atoms with Gasteiger partial charge in [0, 0.05) is 11.1 Å². The Hall–Kier alpha value is -2.16. The molecule has 0 saturated heterocycles. The molecule has 17 heavy (non-hydrogen) atoms. The molecular weight excluding hydrogens is 219 g/mol. The molecule has 0 amide bonds. The molecule has 0 aromatic heterocycles. The number of ether oxygens (including phenoxy) is 1. The third-order valence-electron chi connectivity index (χ3n) is 2.53. The number of methoxy groups -OCH3 is 1. The summed E-state index contributed by atoms with van der Waals surface area (Å²) in [5, 5.41) is 0. The smallest absolute Gasteiger partial charge is 0.150 e. The van der Waals surface area contributed by atoms with Crippen molar-refractivity contribution in [2.45, 2.75) is 0 Å². The summed E-state index contributed by atoms with van der Waals surface area (Å²) in [4.78, 5) is 10.7. The SMILES string of the molecule is COc1ccc(-c2cc(C=O)ccc2F)cc1. The van der Waals surface area contributed by atoms with Gasteiger partial charge in [0.05, 0.1) is 7.11 Å². The van der Waals surface area contributed by atoms with E-state index in [0.29, 0.717) is 28.7 Å². The van der Waals surface area contributed by atoms with Crippen LogP contribution < -0.4 is 4.74 Å². The number of hydrogen-bond donors (Lipinski definition) is 0. The van der Waals surface area contributed by atoms with Gasteiger partial charge in [-0.2, -0.15) is 0 Å². The third-order valence-corrected chi connectivity index (χ3v) is 2.53. The second kappa shape index (κ2) is 4.78. The first kappa shape index (κ1) is 11.3. The van der Waals surface area contributed by atoms with Crippen molar-refractivity contribution in [3.63, 3.8) is 0 Å². The first-order valence-corrected chi connectivity index (χ1v) is 5.14. The molecule has 0 unspecified atom stereocenters. The summed E-state index contributed by atoms with van der Waals surface area (Å²) in [6.45, 7) is 0. The summed E-state index contributed by atoms with van der Waals surface area (Å²) in [6, 6.07) is 11.3. The van der Waals surface area contributed by atoms with Gasteiger partial charge in [-0.3, -0.25) is 4.79 Å². The molecule has 0 saturated carbocycles. The highest BCUT2D eigenvalue weighted by molar-refractivity contribution is 5.79. The minimum Gasteiger partial charge on any atom is -0.497 e. The van der Waals surface area contributed by atoms with Gasteiger partial charge in [0.25, 0.3) is 0 Å². The average molecular weight is 230 g/mol. The van der Waals surface area contributed by atoms with E-state index in [1.54, 1.807) is 31.4 Å². The van der Waals surface area contributed by atoms with Gasteiger partial charge >= 0.3 is 0 Å². The van der Waals surface area contributed by atoms with Gasteiger partial charge < -0.3 is 4.74 Å². The molecule has 3 heteroatoms. The van der Waals surface area contributed by atoms with Crippen molar-refractivity contribution in [3.05, 3.63) is 53.8 Å². The predicted molar refractivity (Wildman–Crippen MR) is 63.8 cm³/mol. The van der Waals surface area contributed by atoms with Gasteiger partial charge in [0.1, 0.15) is 17.9 Å². The van der Waals surface area contributed by atoms with Crippen molar-refractivity contribution in [2.75, 3.05) is 7.11 Å². The summed E-state index contributed by atoms with van der Waals surface area (Å²) in [7, 11) is 1.57. The van der Waals surface area contributed by atoms with Crippen LogP contribution in [-0.2, 0) is 0 Å². The maximum atomic E-state index is 13.6. The van der Waals surface area contributed by atoms with Crippen molar-refractivity contribution < 1.29 is 13.9 Å². The van der Waals surface area contributed by atoms with Crippen molar-refractivity contribution in [1.29, 1.82) is 0 Å². The van der Waals surface area contributed by atoms with Gasteiger partial charge in [-0.25, -0.2) is 4.39 Å². The zero-order valence-electron chi connectivity index (χ0n) is 9.31. The molecule has 0 radical (unpaired) electrons. The van der Waals surface area contributed by atoms with Gasteiger partial charge in [0.15, 0.2) is 0 Å². The van der Waals surface area contributed by atoms with Crippen molar-refractivity contribution in [1.82, 2.24) is 0 Å². The fraction of sp³-hybridized carbons (Fsp3) is 0.0714. The molecule has 0 heterocycles. The Morgan fingerprint density at radius 1 is 1.12 bits per heavy atom. The number of benzene rings is 2. The summed E-state index contributed by atoms with van der Waals surface area (Å²) in [5.74, 6) is 0.362. The normalized spacial score (nSPS) is 10.0. The van der Waals surface area contributed by atoms with Crippen LogP contribution in [0.4, 0.5) is 4.39 Å². The lowest BCUT2D eigenvalue weighted by atomic mass is 10.0. The van der Waals surface area contributed by atoms with Crippen molar-refractivity contribution >= 4 is 6.29 Å². The van der Waals surface area contributed by atoms with E-state index >= 15 is 0 Å². The molecule has 2 aromatic rings. The van der Waals surface area contributed by atoms with E-state index in [0.717, 1.165) is 0 Å².